The van der Waals surface area contributed by atoms with E-state index in [9.17, 15) is 9.90 Å². The van der Waals surface area contributed by atoms with E-state index in [1.54, 1.807) is 24.3 Å². The van der Waals surface area contributed by atoms with Gasteiger partial charge in [0.05, 0.1) is 16.9 Å². The minimum atomic E-state index is -0.372. The molecule has 0 aliphatic heterocycles. The number of carbonyl (C=O) groups is 1. The van der Waals surface area contributed by atoms with Crippen LogP contribution in [0.3, 0.4) is 0 Å². The first-order valence-corrected chi connectivity index (χ1v) is 6.37. The molecule has 0 bridgehead atoms. The van der Waals surface area contributed by atoms with Gasteiger partial charge in [-0.1, -0.05) is 12.1 Å². The number of nitrogen functional groups attached to an aromatic ring is 1. The fourth-order valence-corrected chi connectivity index (χ4v) is 2.02. The Balaban J connectivity index is 2.35. The van der Waals surface area contributed by atoms with Crippen LogP contribution in [0.5, 0.6) is 5.75 Å². The molecule has 0 saturated heterocycles. The van der Waals surface area contributed by atoms with Crippen LogP contribution < -0.4 is 11.1 Å². The molecule has 0 unspecified atom stereocenters. The molecular weight excluding hydrogens is 252 g/mol. The molecule has 0 fully saturated rings. The number of carbonyl (C=O) groups excluding carboxylic acids is 1. The van der Waals surface area contributed by atoms with Gasteiger partial charge in [0.15, 0.2) is 0 Å². The standard InChI is InChI=1S/C16H18N2O2/c1-9-4-6-12(14(19)8-9)16(20)18-15-11(3)10(2)5-7-13(15)17/h4-8,19H,17H2,1-3H3,(H,18,20). The summed E-state index contributed by atoms with van der Waals surface area (Å²) in [6.07, 6.45) is 0. The van der Waals surface area contributed by atoms with Crippen LogP contribution in [0.15, 0.2) is 30.3 Å². The van der Waals surface area contributed by atoms with Crippen LogP contribution in [-0.4, -0.2) is 11.0 Å². The molecule has 2 aromatic carbocycles. The molecule has 20 heavy (non-hydrogen) atoms. The summed E-state index contributed by atoms with van der Waals surface area (Å²) < 4.78 is 0. The van der Waals surface area contributed by atoms with E-state index in [0.29, 0.717) is 11.4 Å². The summed E-state index contributed by atoms with van der Waals surface area (Å²) in [6.45, 7) is 5.70. The van der Waals surface area contributed by atoms with E-state index in [0.717, 1.165) is 16.7 Å². The summed E-state index contributed by atoms with van der Waals surface area (Å²) in [5, 5.41) is 12.6. The lowest BCUT2D eigenvalue weighted by atomic mass is 10.1. The van der Waals surface area contributed by atoms with E-state index >= 15 is 0 Å². The number of benzene rings is 2. The Bertz CT molecular complexity index is 678. The third-order valence-electron chi connectivity index (χ3n) is 3.40. The lowest BCUT2D eigenvalue weighted by Crippen LogP contribution is -2.15. The minimum Gasteiger partial charge on any atom is -0.507 e. The predicted octanol–water partition coefficient (Wildman–Crippen LogP) is 3.15. The number of phenols is 1. The van der Waals surface area contributed by atoms with Crippen LogP contribution in [0.4, 0.5) is 11.4 Å². The fourth-order valence-electron chi connectivity index (χ4n) is 2.02. The predicted molar refractivity (Wildman–Crippen MR) is 81.1 cm³/mol. The Morgan fingerprint density at radius 2 is 1.85 bits per heavy atom. The lowest BCUT2D eigenvalue weighted by Gasteiger charge is -2.14. The second-order valence-corrected chi connectivity index (χ2v) is 4.95. The molecule has 2 rings (SSSR count). The van der Waals surface area contributed by atoms with E-state index in [1.165, 1.54) is 0 Å². The Morgan fingerprint density at radius 3 is 2.50 bits per heavy atom. The molecule has 0 aliphatic carbocycles. The molecule has 0 heterocycles. The van der Waals surface area contributed by atoms with Crippen molar-refractivity contribution < 1.29 is 9.90 Å². The number of aromatic hydroxyl groups is 1. The molecule has 4 heteroatoms. The van der Waals surface area contributed by atoms with Gasteiger partial charge in [-0.2, -0.15) is 0 Å². The van der Waals surface area contributed by atoms with Gasteiger partial charge >= 0.3 is 0 Å². The molecule has 0 spiro atoms. The third-order valence-corrected chi connectivity index (χ3v) is 3.40. The maximum absolute atomic E-state index is 12.2. The summed E-state index contributed by atoms with van der Waals surface area (Å²) in [5.74, 6) is -0.408. The Kier molecular flexibility index (Phi) is 3.66. The van der Waals surface area contributed by atoms with Crippen molar-refractivity contribution in [3.63, 3.8) is 0 Å². The van der Waals surface area contributed by atoms with Crippen LogP contribution in [-0.2, 0) is 0 Å². The summed E-state index contributed by atoms with van der Waals surface area (Å²) in [5.41, 5.74) is 10.1. The summed E-state index contributed by atoms with van der Waals surface area (Å²) in [6, 6.07) is 8.60. The van der Waals surface area contributed by atoms with Crippen LogP contribution in [0.2, 0.25) is 0 Å². The van der Waals surface area contributed by atoms with Crippen molar-refractivity contribution >= 4 is 17.3 Å². The molecule has 4 nitrogen and oxygen atoms in total. The Labute approximate surface area is 118 Å². The topological polar surface area (TPSA) is 75.4 Å². The SMILES string of the molecule is Cc1ccc(C(=O)Nc2c(N)ccc(C)c2C)c(O)c1. The van der Waals surface area contributed by atoms with Crippen LogP contribution >= 0.6 is 0 Å². The van der Waals surface area contributed by atoms with Crippen molar-refractivity contribution in [3.05, 3.63) is 52.6 Å². The smallest absolute Gasteiger partial charge is 0.259 e. The molecule has 0 atom stereocenters. The monoisotopic (exact) mass is 270 g/mol. The third kappa shape index (κ3) is 2.59. The second-order valence-electron chi connectivity index (χ2n) is 4.95. The maximum atomic E-state index is 12.2. The first kappa shape index (κ1) is 13.9. The lowest BCUT2D eigenvalue weighted by molar-refractivity contribution is 0.102. The average Bonchev–Trinajstić information content (AvgIpc) is 2.39. The zero-order valence-corrected chi connectivity index (χ0v) is 11.8. The van der Waals surface area contributed by atoms with Gasteiger partial charge in [-0.15, -0.1) is 0 Å². The van der Waals surface area contributed by atoms with Gasteiger partial charge in [0.1, 0.15) is 5.75 Å². The summed E-state index contributed by atoms with van der Waals surface area (Å²) in [4.78, 5) is 12.2. The molecule has 104 valence electrons. The van der Waals surface area contributed by atoms with Crippen LogP contribution in [0, 0.1) is 20.8 Å². The largest absolute Gasteiger partial charge is 0.507 e. The zero-order valence-electron chi connectivity index (χ0n) is 11.8. The number of hydrogen-bond donors (Lipinski definition) is 3. The zero-order chi connectivity index (χ0) is 14.9. The van der Waals surface area contributed by atoms with Gasteiger partial charge < -0.3 is 16.2 Å². The first-order valence-electron chi connectivity index (χ1n) is 6.37. The molecule has 0 aromatic heterocycles. The van der Waals surface area contributed by atoms with E-state index in [2.05, 4.69) is 5.32 Å². The number of nitrogens with two attached hydrogens (primary N) is 1. The highest BCUT2D eigenvalue weighted by Crippen LogP contribution is 2.27. The van der Waals surface area contributed by atoms with E-state index in [1.807, 2.05) is 26.8 Å². The highest BCUT2D eigenvalue weighted by molar-refractivity contribution is 6.08. The number of rotatable bonds is 2. The quantitative estimate of drug-likeness (QED) is 0.734. The fraction of sp³-hybridized carbons (Fsp3) is 0.188. The molecule has 0 saturated carbocycles. The number of nitrogens with one attached hydrogen (secondary N) is 1. The number of amides is 1. The Morgan fingerprint density at radius 1 is 1.15 bits per heavy atom. The van der Waals surface area contributed by atoms with Crippen molar-refractivity contribution in [2.75, 3.05) is 11.1 Å². The summed E-state index contributed by atoms with van der Waals surface area (Å²) >= 11 is 0. The van der Waals surface area contributed by atoms with E-state index in [4.69, 9.17) is 5.73 Å². The van der Waals surface area contributed by atoms with Gasteiger partial charge in [-0.05, 0) is 55.7 Å². The van der Waals surface area contributed by atoms with Gasteiger partial charge in [-0.25, -0.2) is 0 Å². The van der Waals surface area contributed by atoms with Crippen molar-refractivity contribution in [2.24, 2.45) is 0 Å². The van der Waals surface area contributed by atoms with Crippen molar-refractivity contribution in [1.82, 2.24) is 0 Å². The molecule has 1 amide bonds. The minimum absolute atomic E-state index is 0.0358. The highest BCUT2D eigenvalue weighted by Gasteiger charge is 2.14. The maximum Gasteiger partial charge on any atom is 0.259 e. The van der Waals surface area contributed by atoms with Gasteiger partial charge in [0, 0.05) is 0 Å². The highest BCUT2D eigenvalue weighted by atomic mass is 16.3. The number of anilines is 2. The van der Waals surface area contributed by atoms with E-state index < -0.39 is 0 Å². The molecule has 0 radical (unpaired) electrons. The van der Waals surface area contributed by atoms with E-state index in [-0.39, 0.29) is 17.2 Å². The summed E-state index contributed by atoms with van der Waals surface area (Å²) in [7, 11) is 0. The van der Waals surface area contributed by atoms with Crippen molar-refractivity contribution in [2.45, 2.75) is 20.8 Å². The number of aryl methyl sites for hydroxylation is 2. The van der Waals surface area contributed by atoms with Crippen LogP contribution in [0.1, 0.15) is 27.0 Å². The van der Waals surface area contributed by atoms with Crippen LogP contribution in [0.25, 0.3) is 0 Å². The van der Waals surface area contributed by atoms with Crippen molar-refractivity contribution in [1.29, 1.82) is 0 Å². The normalized spacial score (nSPS) is 10.3. The molecule has 2 aromatic rings. The Hall–Kier alpha value is -2.49. The average molecular weight is 270 g/mol. The molecular formula is C16H18N2O2. The first-order chi connectivity index (χ1) is 9.40. The van der Waals surface area contributed by atoms with Crippen molar-refractivity contribution in [3.8, 4) is 5.75 Å². The van der Waals surface area contributed by atoms with Gasteiger partial charge in [0.25, 0.3) is 5.91 Å². The molecule has 0 aliphatic rings. The number of phenolic OH excluding ortho intramolecular Hbond substituents is 1. The van der Waals surface area contributed by atoms with Gasteiger partial charge in [-0.3, -0.25) is 4.79 Å². The van der Waals surface area contributed by atoms with Gasteiger partial charge in [0.2, 0.25) is 0 Å². The number of hydrogen-bond acceptors (Lipinski definition) is 3. The molecule has 4 N–H and O–H groups in total. The second kappa shape index (κ2) is 5.25.